The van der Waals surface area contributed by atoms with Gasteiger partial charge in [0, 0.05) is 0 Å². The molecule has 0 aliphatic rings. The number of aryl methyl sites for hydroxylation is 1. The van der Waals surface area contributed by atoms with Crippen LogP contribution in [0.4, 0.5) is 0 Å². The van der Waals surface area contributed by atoms with Gasteiger partial charge >= 0.3 is 0 Å². The van der Waals surface area contributed by atoms with Crippen molar-refractivity contribution in [2.75, 3.05) is 0 Å². The first-order valence-electron chi connectivity index (χ1n) is 5.88. The molecule has 0 spiro atoms. The summed E-state index contributed by atoms with van der Waals surface area (Å²) in [6.45, 7) is 5.96. The van der Waals surface area contributed by atoms with Gasteiger partial charge in [-0.05, 0) is 23.9 Å². The summed E-state index contributed by atoms with van der Waals surface area (Å²) < 4.78 is 3.83. The predicted molar refractivity (Wildman–Crippen MR) is 76.8 cm³/mol. The smallest absolute Gasteiger partial charge is 0.265 e. The van der Waals surface area contributed by atoms with E-state index >= 15 is 0 Å². The van der Waals surface area contributed by atoms with E-state index in [1.165, 1.54) is 0 Å². The molecule has 1 heterocycles. The first-order chi connectivity index (χ1) is 8.47. The number of amides is 1. The molecule has 1 amide bonds. The summed E-state index contributed by atoms with van der Waals surface area (Å²) in [4.78, 5) is 13.0. The summed E-state index contributed by atoms with van der Waals surface area (Å²) >= 11 is 6.07. The second kappa shape index (κ2) is 6.75. The van der Waals surface area contributed by atoms with Crippen molar-refractivity contribution in [3.63, 3.8) is 0 Å². The van der Waals surface area contributed by atoms with Gasteiger partial charge < -0.3 is 11.1 Å². The molecule has 7 heteroatoms. The quantitative estimate of drug-likeness (QED) is 0.775. The Labute approximate surface area is 116 Å². The van der Waals surface area contributed by atoms with E-state index in [1.807, 2.05) is 20.8 Å². The molecular formula is C11H18N4OS2. The van der Waals surface area contributed by atoms with Gasteiger partial charge in [0.15, 0.2) is 0 Å². The van der Waals surface area contributed by atoms with E-state index in [1.54, 1.807) is 0 Å². The number of hydrogen-bond acceptors (Lipinski definition) is 5. The molecule has 0 aliphatic carbocycles. The van der Waals surface area contributed by atoms with Crippen LogP contribution in [0.1, 0.15) is 42.6 Å². The van der Waals surface area contributed by atoms with Crippen LogP contribution in [-0.4, -0.2) is 26.5 Å². The zero-order chi connectivity index (χ0) is 13.7. The molecule has 1 atom stereocenters. The van der Waals surface area contributed by atoms with Gasteiger partial charge in [-0.3, -0.25) is 4.79 Å². The van der Waals surface area contributed by atoms with Gasteiger partial charge in [-0.1, -0.05) is 43.9 Å². The Morgan fingerprint density at radius 3 is 2.72 bits per heavy atom. The number of hydrogen-bond donors (Lipinski definition) is 2. The molecule has 0 aromatic carbocycles. The highest BCUT2D eigenvalue weighted by molar-refractivity contribution is 7.80. The molecule has 3 N–H and O–H groups in total. The van der Waals surface area contributed by atoms with E-state index in [-0.39, 0.29) is 17.9 Å². The lowest BCUT2D eigenvalue weighted by Crippen LogP contribution is -2.46. The van der Waals surface area contributed by atoms with Crippen molar-refractivity contribution in [1.29, 1.82) is 0 Å². The van der Waals surface area contributed by atoms with Crippen molar-refractivity contribution >= 4 is 34.6 Å². The van der Waals surface area contributed by atoms with Crippen LogP contribution in [0.25, 0.3) is 0 Å². The summed E-state index contributed by atoms with van der Waals surface area (Å²) in [7, 11) is 0. The predicted octanol–water partition coefficient (Wildman–Crippen LogP) is 1.53. The first-order valence-corrected chi connectivity index (χ1v) is 7.06. The monoisotopic (exact) mass is 286 g/mol. The molecule has 18 heavy (non-hydrogen) atoms. The fourth-order valence-electron chi connectivity index (χ4n) is 1.55. The minimum Gasteiger partial charge on any atom is -0.392 e. The second-order valence-electron chi connectivity index (χ2n) is 4.40. The van der Waals surface area contributed by atoms with Crippen molar-refractivity contribution in [3.8, 4) is 0 Å². The number of thiocarbonyl (C=S) groups is 1. The van der Waals surface area contributed by atoms with Crippen LogP contribution in [0.3, 0.4) is 0 Å². The van der Waals surface area contributed by atoms with Crippen LogP contribution in [0.2, 0.25) is 0 Å². The highest BCUT2D eigenvalue weighted by atomic mass is 32.1. The molecule has 1 rings (SSSR count). The maximum atomic E-state index is 12.1. The largest absolute Gasteiger partial charge is 0.392 e. The van der Waals surface area contributed by atoms with Gasteiger partial charge in [0.25, 0.3) is 5.91 Å². The highest BCUT2D eigenvalue weighted by Gasteiger charge is 2.22. The number of nitrogens with zero attached hydrogens (tertiary/aromatic N) is 2. The Kier molecular flexibility index (Phi) is 5.61. The fourth-order valence-corrected chi connectivity index (χ4v) is 2.50. The molecule has 0 radical (unpaired) electrons. The van der Waals surface area contributed by atoms with Gasteiger partial charge in [0.05, 0.1) is 16.7 Å². The molecule has 5 nitrogen and oxygen atoms in total. The van der Waals surface area contributed by atoms with Crippen LogP contribution in [-0.2, 0) is 6.42 Å². The topological polar surface area (TPSA) is 80.9 Å². The van der Waals surface area contributed by atoms with Gasteiger partial charge in [-0.25, -0.2) is 0 Å². The molecule has 1 aromatic heterocycles. The van der Waals surface area contributed by atoms with E-state index in [2.05, 4.69) is 14.9 Å². The summed E-state index contributed by atoms with van der Waals surface area (Å²) in [6, 6.07) is -0.302. The third kappa shape index (κ3) is 3.71. The maximum Gasteiger partial charge on any atom is 0.265 e. The van der Waals surface area contributed by atoms with Crippen molar-refractivity contribution in [1.82, 2.24) is 14.9 Å². The van der Waals surface area contributed by atoms with Crippen molar-refractivity contribution in [3.05, 3.63) is 10.6 Å². The van der Waals surface area contributed by atoms with Crippen LogP contribution in [0.15, 0.2) is 0 Å². The van der Waals surface area contributed by atoms with Crippen molar-refractivity contribution in [2.24, 2.45) is 11.7 Å². The lowest BCUT2D eigenvalue weighted by Gasteiger charge is -2.20. The molecule has 1 aromatic rings. The minimum atomic E-state index is -0.302. The van der Waals surface area contributed by atoms with Crippen molar-refractivity contribution in [2.45, 2.75) is 39.7 Å². The van der Waals surface area contributed by atoms with Crippen LogP contribution in [0, 0.1) is 5.92 Å². The first kappa shape index (κ1) is 15.0. The average Bonchev–Trinajstić information content (AvgIpc) is 2.73. The lowest BCUT2D eigenvalue weighted by molar-refractivity contribution is 0.0943. The lowest BCUT2D eigenvalue weighted by atomic mass is 10.0. The summed E-state index contributed by atoms with van der Waals surface area (Å²) in [5.74, 6) is -0.0399. The van der Waals surface area contributed by atoms with Crippen molar-refractivity contribution < 1.29 is 4.79 Å². The normalized spacial score (nSPS) is 12.4. The fraction of sp³-hybridized carbons (Fsp3) is 0.636. The summed E-state index contributed by atoms with van der Waals surface area (Å²) in [6.07, 6.45) is 1.67. The molecule has 0 saturated heterocycles. The third-order valence-electron chi connectivity index (χ3n) is 2.51. The molecule has 1 unspecified atom stereocenters. The van der Waals surface area contributed by atoms with Crippen LogP contribution < -0.4 is 11.1 Å². The molecule has 0 saturated carbocycles. The SMILES string of the molecule is CCCc1nnsc1C(=O)NC(C(N)=S)C(C)C. The average molecular weight is 286 g/mol. The number of rotatable bonds is 6. The van der Waals surface area contributed by atoms with Gasteiger partial charge in [0.2, 0.25) is 0 Å². The summed E-state index contributed by atoms with van der Waals surface area (Å²) in [5, 5.41) is 6.81. The van der Waals surface area contributed by atoms with Gasteiger partial charge in [0.1, 0.15) is 4.88 Å². The molecular weight excluding hydrogens is 268 g/mol. The van der Waals surface area contributed by atoms with E-state index in [9.17, 15) is 4.79 Å². The Hall–Kier alpha value is -1.08. The van der Waals surface area contributed by atoms with E-state index in [4.69, 9.17) is 18.0 Å². The van der Waals surface area contributed by atoms with Crippen LogP contribution in [0.5, 0.6) is 0 Å². The zero-order valence-electron chi connectivity index (χ0n) is 10.8. The Balaban J connectivity index is 2.80. The number of carbonyl (C=O) groups excluding carboxylic acids is 1. The maximum absolute atomic E-state index is 12.1. The van der Waals surface area contributed by atoms with Gasteiger partial charge in [-0.15, -0.1) is 5.10 Å². The molecule has 0 bridgehead atoms. The second-order valence-corrected chi connectivity index (χ2v) is 5.62. The Bertz CT molecular complexity index is 430. The minimum absolute atomic E-state index is 0.155. The molecule has 0 fully saturated rings. The van der Waals surface area contributed by atoms with E-state index in [0.29, 0.717) is 9.87 Å². The zero-order valence-corrected chi connectivity index (χ0v) is 12.4. The third-order valence-corrected chi connectivity index (χ3v) is 3.53. The standard InChI is InChI=1S/C11H18N4OS2/c1-4-5-7-9(18-15-14-7)11(16)13-8(6(2)3)10(12)17/h6,8H,4-5H2,1-3H3,(H2,12,17)(H,13,16). The Morgan fingerprint density at radius 1 is 1.56 bits per heavy atom. The number of carbonyl (C=O) groups is 1. The number of nitrogens with two attached hydrogens (primary N) is 1. The number of nitrogens with one attached hydrogen (secondary N) is 1. The van der Waals surface area contributed by atoms with Crippen LogP contribution >= 0.6 is 23.8 Å². The summed E-state index contributed by atoms with van der Waals surface area (Å²) in [5.41, 5.74) is 6.37. The Morgan fingerprint density at radius 2 is 2.22 bits per heavy atom. The highest BCUT2D eigenvalue weighted by Crippen LogP contribution is 2.13. The number of aromatic nitrogens is 2. The molecule has 100 valence electrons. The van der Waals surface area contributed by atoms with Gasteiger partial charge in [-0.2, -0.15) is 0 Å². The molecule has 0 aliphatic heterocycles. The van der Waals surface area contributed by atoms with E-state index in [0.717, 1.165) is 30.1 Å². The van der Waals surface area contributed by atoms with E-state index < -0.39 is 0 Å².